The largest absolute Gasteiger partial charge is 0.444 e. The summed E-state index contributed by atoms with van der Waals surface area (Å²) in [6, 6.07) is 7.59. The lowest BCUT2D eigenvalue weighted by atomic mass is 10.0. The quantitative estimate of drug-likeness (QED) is 0.889. The standard InChI is InChI=1S/C17H24N2O4/c1-17(2,3)23-16(22)18-9-8-15(21)19-10-12(11-20)13-6-4-5-7-14(13)19/h4-7,12,20H,8-11H2,1-3H3,(H,18,22)/t12-/m1/s1. The lowest BCUT2D eigenvalue weighted by molar-refractivity contribution is -0.118. The Morgan fingerprint density at radius 1 is 1.35 bits per heavy atom. The van der Waals surface area contributed by atoms with Crippen molar-refractivity contribution in [2.45, 2.75) is 38.7 Å². The molecule has 126 valence electrons. The van der Waals surface area contributed by atoms with E-state index in [4.69, 9.17) is 4.74 Å². The summed E-state index contributed by atoms with van der Waals surface area (Å²) in [7, 11) is 0. The molecule has 1 aromatic carbocycles. The maximum absolute atomic E-state index is 12.4. The van der Waals surface area contributed by atoms with Gasteiger partial charge in [-0.15, -0.1) is 0 Å². The molecule has 2 amide bonds. The van der Waals surface area contributed by atoms with E-state index in [2.05, 4.69) is 5.32 Å². The second kappa shape index (κ2) is 7.00. The average Bonchev–Trinajstić information content (AvgIpc) is 2.84. The van der Waals surface area contributed by atoms with Crippen molar-refractivity contribution in [1.29, 1.82) is 0 Å². The van der Waals surface area contributed by atoms with Crippen LogP contribution in [-0.4, -0.2) is 42.4 Å². The SMILES string of the molecule is CC(C)(C)OC(=O)NCCC(=O)N1C[C@H](CO)c2ccccc21. The molecule has 0 fully saturated rings. The molecule has 0 saturated carbocycles. The van der Waals surface area contributed by atoms with Crippen LogP contribution in [0.15, 0.2) is 24.3 Å². The Bertz CT molecular complexity index is 580. The highest BCUT2D eigenvalue weighted by molar-refractivity contribution is 5.96. The maximum atomic E-state index is 12.4. The van der Waals surface area contributed by atoms with E-state index in [1.807, 2.05) is 24.3 Å². The second-order valence-corrected chi connectivity index (χ2v) is 6.62. The number of carbonyl (C=O) groups is 2. The first-order valence-corrected chi connectivity index (χ1v) is 7.79. The molecular formula is C17H24N2O4. The molecule has 1 aromatic rings. The van der Waals surface area contributed by atoms with Gasteiger partial charge in [-0.25, -0.2) is 4.79 Å². The van der Waals surface area contributed by atoms with Gasteiger partial charge in [0.05, 0.1) is 6.61 Å². The molecule has 6 heteroatoms. The molecule has 0 aromatic heterocycles. The van der Waals surface area contributed by atoms with Crippen LogP contribution in [0, 0.1) is 0 Å². The van der Waals surface area contributed by atoms with Crippen LogP contribution >= 0.6 is 0 Å². The number of nitrogens with zero attached hydrogens (tertiary/aromatic N) is 1. The summed E-state index contributed by atoms with van der Waals surface area (Å²) in [5.74, 6) is -0.126. The smallest absolute Gasteiger partial charge is 0.407 e. The number of rotatable bonds is 4. The van der Waals surface area contributed by atoms with Gasteiger partial charge in [0.2, 0.25) is 5.91 Å². The van der Waals surface area contributed by atoms with E-state index < -0.39 is 11.7 Å². The van der Waals surface area contributed by atoms with Gasteiger partial charge in [0.25, 0.3) is 0 Å². The fraction of sp³-hybridized carbons (Fsp3) is 0.529. The average molecular weight is 320 g/mol. The zero-order valence-corrected chi connectivity index (χ0v) is 13.8. The van der Waals surface area contributed by atoms with Crippen molar-refractivity contribution in [2.75, 3.05) is 24.6 Å². The molecule has 23 heavy (non-hydrogen) atoms. The highest BCUT2D eigenvalue weighted by Crippen LogP contribution is 2.35. The van der Waals surface area contributed by atoms with Crippen molar-refractivity contribution < 1.29 is 19.4 Å². The Labute approximate surface area is 136 Å². The first-order chi connectivity index (χ1) is 10.8. The molecule has 0 aliphatic carbocycles. The number of hydrogen-bond acceptors (Lipinski definition) is 4. The molecule has 0 saturated heterocycles. The Balaban J connectivity index is 1.89. The molecule has 0 unspecified atom stereocenters. The van der Waals surface area contributed by atoms with Crippen molar-refractivity contribution >= 4 is 17.7 Å². The monoisotopic (exact) mass is 320 g/mol. The number of carbonyl (C=O) groups excluding carboxylic acids is 2. The molecule has 1 aliphatic heterocycles. The normalized spacial score (nSPS) is 16.9. The van der Waals surface area contributed by atoms with Crippen LogP contribution in [0.4, 0.5) is 10.5 Å². The predicted octanol–water partition coefficient (Wildman–Crippen LogP) is 2.02. The van der Waals surface area contributed by atoms with E-state index in [9.17, 15) is 14.7 Å². The van der Waals surface area contributed by atoms with E-state index >= 15 is 0 Å². The number of fused-ring (bicyclic) bond motifs is 1. The summed E-state index contributed by atoms with van der Waals surface area (Å²) in [6.07, 6.45) is -0.341. The van der Waals surface area contributed by atoms with Crippen molar-refractivity contribution in [2.24, 2.45) is 0 Å². The summed E-state index contributed by atoms with van der Waals surface area (Å²) in [6.45, 7) is 6.06. The Kier molecular flexibility index (Phi) is 5.26. The molecule has 2 N–H and O–H groups in total. The van der Waals surface area contributed by atoms with Crippen molar-refractivity contribution in [3.05, 3.63) is 29.8 Å². The van der Waals surface area contributed by atoms with Crippen molar-refractivity contribution in [1.82, 2.24) is 5.32 Å². The highest BCUT2D eigenvalue weighted by Gasteiger charge is 2.31. The molecule has 1 atom stereocenters. The number of nitrogens with one attached hydrogen (secondary N) is 1. The van der Waals surface area contributed by atoms with Gasteiger partial charge in [-0.3, -0.25) is 4.79 Å². The van der Waals surface area contributed by atoms with Crippen LogP contribution in [0.5, 0.6) is 0 Å². The first-order valence-electron chi connectivity index (χ1n) is 7.79. The van der Waals surface area contributed by atoms with Gasteiger partial charge in [-0.05, 0) is 32.4 Å². The number of aliphatic hydroxyl groups excluding tert-OH is 1. The zero-order valence-electron chi connectivity index (χ0n) is 13.8. The minimum absolute atomic E-state index is 0.0109. The number of anilines is 1. The van der Waals surface area contributed by atoms with Gasteiger partial charge in [0, 0.05) is 31.1 Å². The number of aliphatic hydroxyl groups is 1. The Morgan fingerprint density at radius 3 is 2.70 bits per heavy atom. The summed E-state index contributed by atoms with van der Waals surface area (Å²) >= 11 is 0. The maximum Gasteiger partial charge on any atom is 0.407 e. The third kappa shape index (κ3) is 4.45. The number of benzene rings is 1. The summed E-state index contributed by atoms with van der Waals surface area (Å²) in [5, 5.41) is 12.0. The summed E-state index contributed by atoms with van der Waals surface area (Å²) in [4.78, 5) is 25.6. The van der Waals surface area contributed by atoms with E-state index in [1.165, 1.54) is 0 Å². The lowest BCUT2D eigenvalue weighted by Crippen LogP contribution is -2.36. The third-order valence-electron chi connectivity index (χ3n) is 3.60. The highest BCUT2D eigenvalue weighted by atomic mass is 16.6. The predicted molar refractivity (Wildman–Crippen MR) is 87.5 cm³/mol. The number of para-hydroxylation sites is 1. The van der Waals surface area contributed by atoms with Crippen molar-refractivity contribution in [3.8, 4) is 0 Å². The van der Waals surface area contributed by atoms with Gasteiger partial charge in [0.15, 0.2) is 0 Å². The fourth-order valence-corrected chi connectivity index (χ4v) is 2.61. The number of hydrogen-bond donors (Lipinski definition) is 2. The number of amides is 2. The first kappa shape index (κ1) is 17.3. The minimum Gasteiger partial charge on any atom is -0.444 e. The fourth-order valence-electron chi connectivity index (χ4n) is 2.61. The molecule has 0 radical (unpaired) electrons. The summed E-state index contributed by atoms with van der Waals surface area (Å²) < 4.78 is 5.13. The summed E-state index contributed by atoms with van der Waals surface area (Å²) in [5.41, 5.74) is 1.27. The molecule has 1 aliphatic rings. The van der Waals surface area contributed by atoms with Gasteiger partial charge >= 0.3 is 6.09 Å². The van der Waals surface area contributed by atoms with Crippen LogP contribution in [-0.2, 0) is 9.53 Å². The molecule has 6 nitrogen and oxygen atoms in total. The van der Waals surface area contributed by atoms with E-state index in [0.717, 1.165) is 11.3 Å². The molecule has 0 bridgehead atoms. The zero-order chi connectivity index (χ0) is 17.0. The van der Waals surface area contributed by atoms with Gasteiger partial charge in [-0.2, -0.15) is 0 Å². The molecule has 2 rings (SSSR count). The minimum atomic E-state index is -0.559. The van der Waals surface area contributed by atoms with Gasteiger partial charge < -0.3 is 20.1 Å². The van der Waals surface area contributed by atoms with Gasteiger partial charge in [-0.1, -0.05) is 18.2 Å². The van der Waals surface area contributed by atoms with Crippen LogP contribution in [0.1, 0.15) is 38.7 Å². The van der Waals surface area contributed by atoms with Crippen LogP contribution < -0.4 is 10.2 Å². The molecule has 0 spiro atoms. The number of alkyl carbamates (subject to hydrolysis) is 1. The van der Waals surface area contributed by atoms with E-state index in [0.29, 0.717) is 6.54 Å². The van der Waals surface area contributed by atoms with Gasteiger partial charge in [0.1, 0.15) is 5.60 Å². The van der Waals surface area contributed by atoms with Crippen molar-refractivity contribution in [3.63, 3.8) is 0 Å². The Hall–Kier alpha value is -2.08. The number of ether oxygens (including phenoxy) is 1. The third-order valence-corrected chi connectivity index (χ3v) is 3.60. The van der Waals surface area contributed by atoms with Crippen LogP contribution in [0.25, 0.3) is 0 Å². The molecular weight excluding hydrogens is 296 g/mol. The van der Waals surface area contributed by atoms with E-state index in [-0.39, 0.29) is 31.4 Å². The lowest BCUT2D eigenvalue weighted by Gasteiger charge is -2.20. The van der Waals surface area contributed by atoms with Crippen LogP contribution in [0.2, 0.25) is 0 Å². The van der Waals surface area contributed by atoms with Crippen LogP contribution in [0.3, 0.4) is 0 Å². The topological polar surface area (TPSA) is 78.9 Å². The Morgan fingerprint density at radius 2 is 2.04 bits per heavy atom. The van der Waals surface area contributed by atoms with E-state index in [1.54, 1.807) is 25.7 Å². The second-order valence-electron chi connectivity index (χ2n) is 6.62. The molecule has 1 heterocycles.